The lowest BCUT2D eigenvalue weighted by molar-refractivity contribution is -0.150. The Morgan fingerprint density at radius 3 is 2.46 bits per heavy atom. The monoisotopic (exact) mass is 478 g/mol. The minimum absolute atomic E-state index is 0.0551. The second-order valence-corrected chi connectivity index (χ2v) is 7.68. The maximum Gasteiger partial charge on any atom is 0.379 e. The largest absolute Gasteiger partial charge is 0.478 e. The van der Waals surface area contributed by atoms with E-state index >= 15 is 0 Å². The van der Waals surface area contributed by atoms with E-state index in [1.54, 1.807) is 31.2 Å². The molecule has 0 aliphatic heterocycles. The molecule has 35 heavy (non-hydrogen) atoms. The number of rotatable bonds is 7. The molecule has 4 rings (SSSR count). The van der Waals surface area contributed by atoms with E-state index in [9.17, 15) is 29.1 Å². The molecule has 1 N–H and O–H groups in total. The third-order valence-corrected chi connectivity index (χ3v) is 5.16. The number of aryl methyl sites for hydroxylation is 1. The Balaban J connectivity index is 1.62. The quantitative estimate of drug-likeness (QED) is 0.238. The Labute approximate surface area is 196 Å². The smallest absolute Gasteiger partial charge is 0.379 e. The molecule has 4 aromatic rings. The van der Waals surface area contributed by atoms with Crippen LogP contribution in [0.2, 0.25) is 0 Å². The molecule has 0 radical (unpaired) electrons. The predicted molar refractivity (Wildman–Crippen MR) is 122 cm³/mol. The van der Waals surface area contributed by atoms with Crippen LogP contribution in [0.15, 0.2) is 67.0 Å². The minimum atomic E-state index is -1.78. The molecule has 0 amide bonds. The number of aliphatic carboxylic acids is 1. The predicted octanol–water partition coefficient (Wildman–Crippen LogP) is 3.24. The SMILES string of the molecule is CC(=O)c1c(OC(CC(=O)Oc2cc3ccccc3oc2=O)C(=O)O)ccc2c(C)cc(=O)oc12. The number of carbonyl (C=O) groups excluding carboxylic acids is 2. The number of esters is 1. The van der Waals surface area contributed by atoms with Crippen LogP contribution in [-0.4, -0.2) is 28.9 Å². The lowest BCUT2D eigenvalue weighted by Gasteiger charge is -2.17. The van der Waals surface area contributed by atoms with Gasteiger partial charge in [0.25, 0.3) is 0 Å². The highest BCUT2D eigenvalue weighted by atomic mass is 16.6. The molecule has 1 unspecified atom stereocenters. The van der Waals surface area contributed by atoms with Crippen molar-refractivity contribution in [3.05, 3.63) is 80.5 Å². The van der Waals surface area contributed by atoms with Crippen LogP contribution in [0.3, 0.4) is 0 Å². The number of fused-ring (bicyclic) bond motifs is 2. The van der Waals surface area contributed by atoms with E-state index in [2.05, 4.69) is 0 Å². The Morgan fingerprint density at radius 2 is 1.74 bits per heavy atom. The van der Waals surface area contributed by atoms with Crippen LogP contribution in [0.1, 0.15) is 29.3 Å². The van der Waals surface area contributed by atoms with E-state index in [4.69, 9.17) is 18.3 Å². The summed E-state index contributed by atoms with van der Waals surface area (Å²) in [6.45, 7) is 2.86. The zero-order chi connectivity index (χ0) is 25.3. The zero-order valence-electron chi connectivity index (χ0n) is 18.5. The number of benzene rings is 2. The maximum atomic E-state index is 12.5. The fraction of sp³-hybridized carbons (Fsp3) is 0.160. The van der Waals surface area contributed by atoms with Crippen LogP contribution in [0.5, 0.6) is 11.5 Å². The number of ketones is 1. The van der Waals surface area contributed by atoms with Gasteiger partial charge in [0.15, 0.2) is 11.4 Å². The highest BCUT2D eigenvalue weighted by Gasteiger charge is 2.28. The molecule has 0 fully saturated rings. The summed E-state index contributed by atoms with van der Waals surface area (Å²) < 4.78 is 20.8. The standard InChI is InChI=1S/C25H18O10/c1-12-9-20(27)35-23-15(12)7-8-17(22(23)13(2)26)32-18(24(29)30)11-21(28)33-19-10-14-5-3-4-6-16(14)34-25(19)31/h3-10,18H,11H2,1-2H3,(H,29,30). The highest BCUT2D eigenvalue weighted by molar-refractivity contribution is 6.07. The fourth-order valence-electron chi connectivity index (χ4n) is 3.56. The van der Waals surface area contributed by atoms with E-state index in [0.717, 1.165) is 0 Å². The Morgan fingerprint density at radius 1 is 1.00 bits per heavy atom. The van der Waals surface area contributed by atoms with Crippen LogP contribution in [-0.2, 0) is 9.59 Å². The molecule has 0 saturated heterocycles. The van der Waals surface area contributed by atoms with Gasteiger partial charge in [-0.15, -0.1) is 0 Å². The van der Waals surface area contributed by atoms with Crippen molar-refractivity contribution in [1.82, 2.24) is 0 Å². The van der Waals surface area contributed by atoms with Gasteiger partial charge >= 0.3 is 23.2 Å². The molecule has 0 aliphatic rings. The summed E-state index contributed by atoms with van der Waals surface area (Å²) >= 11 is 0. The van der Waals surface area contributed by atoms with Crippen molar-refractivity contribution in [2.45, 2.75) is 26.4 Å². The Kier molecular flexibility index (Phi) is 6.20. The first-order valence-corrected chi connectivity index (χ1v) is 10.4. The third-order valence-electron chi connectivity index (χ3n) is 5.16. The van der Waals surface area contributed by atoms with Crippen LogP contribution < -0.4 is 20.7 Å². The molecule has 2 aromatic heterocycles. The van der Waals surface area contributed by atoms with E-state index in [-0.39, 0.29) is 16.9 Å². The lowest BCUT2D eigenvalue weighted by Crippen LogP contribution is -2.32. The summed E-state index contributed by atoms with van der Waals surface area (Å²) in [4.78, 5) is 60.6. The molecular formula is C25H18O10. The molecule has 2 heterocycles. The van der Waals surface area contributed by atoms with Crippen LogP contribution in [0, 0.1) is 6.92 Å². The summed E-state index contributed by atoms with van der Waals surface area (Å²) in [7, 11) is 0. The van der Waals surface area contributed by atoms with Gasteiger partial charge in [0.1, 0.15) is 16.9 Å². The molecular weight excluding hydrogens is 460 g/mol. The van der Waals surface area contributed by atoms with Gasteiger partial charge in [0.05, 0.1) is 6.42 Å². The van der Waals surface area contributed by atoms with Crippen molar-refractivity contribution in [1.29, 1.82) is 0 Å². The van der Waals surface area contributed by atoms with E-state index < -0.39 is 47.2 Å². The number of para-hydroxylation sites is 1. The summed E-state index contributed by atoms with van der Waals surface area (Å²) in [6, 6.07) is 12.0. The second-order valence-electron chi connectivity index (χ2n) is 7.68. The van der Waals surface area contributed by atoms with Gasteiger partial charge in [0.2, 0.25) is 11.9 Å². The molecule has 10 heteroatoms. The minimum Gasteiger partial charge on any atom is -0.478 e. The number of carboxylic acids is 1. The van der Waals surface area contributed by atoms with Gasteiger partial charge in [-0.05, 0) is 43.7 Å². The first-order valence-electron chi connectivity index (χ1n) is 10.4. The van der Waals surface area contributed by atoms with Gasteiger partial charge in [0, 0.05) is 16.8 Å². The van der Waals surface area contributed by atoms with Crippen molar-refractivity contribution in [2.75, 3.05) is 0 Å². The van der Waals surface area contributed by atoms with Crippen LogP contribution in [0.4, 0.5) is 0 Å². The molecule has 0 spiro atoms. The molecule has 0 bridgehead atoms. The summed E-state index contributed by atoms with van der Waals surface area (Å²) in [5, 5.41) is 10.6. The van der Waals surface area contributed by atoms with Crippen LogP contribution in [0.25, 0.3) is 21.9 Å². The number of hydrogen-bond donors (Lipinski definition) is 1. The van der Waals surface area contributed by atoms with Crippen molar-refractivity contribution in [3.8, 4) is 11.5 Å². The Bertz CT molecular complexity index is 1610. The topological polar surface area (TPSA) is 150 Å². The molecule has 1 atom stereocenters. The zero-order valence-corrected chi connectivity index (χ0v) is 18.5. The number of carbonyl (C=O) groups is 3. The van der Waals surface area contributed by atoms with Gasteiger partial charge in [-0.25, -0.2) is 14.4 Å². The molecule has 10 nitrogen and oxygen atoms in total. The number of carboxylic acid groups (broad SMARTS) is 1. The van der Waals surface area contributed by atoms with E-state index in [0.29, 0.717) is 21.9 Å². The maximum absolute atomic E-state index is 12.5. The first kappa shape index (κ1) is 23.4. The van der Waals surface area contributed by atoms with E-state index in [1.165, 1.54) is 31.2 Å². The summed E-state index contributed by atoms with van der Waals surface area (Å²) in [5.74, 6) is -3.74. The fourth-order valence-corrected chi connectivity index (χ4v) is 3.56. The van der Waals surface area contributed by atoms with Gasteiger partial charge in [-0.3, -0.25) is 9.59 Å². The third kappa shape index (κ3) is 4.81. The number of hydrogen-bond acceptors (Lipinski definition) is 9. The van der Waals surface area contributed by atoms with Crippen molar-refractivity contribution >= 4 is 39.7 Å². The normalized spacial score (nSPS) is 11.8. The van der Waals surface area contributed by atoms with Gasteiger partial charge in [-0.1, -0.05) is 18.2 Å². The van der Waals surface area contributed by atoms with Crippen molar-refractivity contribution < 1.29 is 37.8 Å². The average Bonchev–Trinajstić information content (AvgIpc) is 2.78. The second kappa shape index (κ2) is 9.26. The molecule has 0 aliphatic carbocycles. The molecule has 2 aromatic carbocycles. The summed E-state index contributed by atoms with van der Waals surface area (Å²) in [6.07, 6.45) is -2.57. The number of Topliss-reactive ketones (excluding diaryl/α,β-unsaturated/α-hetero) is 1. The molecule has 178 valence electrons. The Hall–Kier alpha value is -4.73. The van der Waals surface area contributed by atoms with Gasteiger partial charge in [-0.2, -0.15) is 0 Å². The van der Waals surface area contributed by atoms with Crippen molar-refractivity contribution in [3.63, 3.8) is 0 Å². The highest BCUT2D eigenvalue weighted by Crippen LogP contribution is 2.30. The lowest BCUT2D eigenvalue weighted by atomic mass is 10.0. The summed E-state index contributed by atoms with van der Waals surface area (Å²) in [5.41, 5.74) is -0.957. The molecule has 0 saturated carbocycles. The van der Waals surface area contributed by atoms with Gasteiger partial charge < -0.3 is 23.4 Å². The first-order chi connectivity index (χ1) is 16.6. The van der Waals surface area contributed by atoms with E-state index in [1.807, 2.05) is 0 Å². The average molecular weight is 478 g/mol. The van der Waals surface area contributed by atoms with Crippen molar-refractivity contribution in [2.24, 2.45) is 0 Å². The number of ether oxygens (including phenoxy) is 2. The van der Waals surface area contributed by atoms with Crippen LogP contribution >= 0.6 is 0 Å².